The van der Waals surface area contributed by atoms with Crippen molar-refractivity contribution in [1.82, 2.24) is 14.5 Å². The third kappa shape index (κ3) is 5.23. The highest BCUT2D eigenvalue weighted by molar-refractivity contribution is 9.10. The van der Waals surface area contributed by atoms with Crippen molar-refractivity contribution in [3.05, 3.63) is 112 Å². The number of nitrogens with zero attached hydrogens (tertiary/aromatic N) is 3. The number of aryl methyl sites for hydroxylation is 1. The third-order valence-corrected chi connectivity index (χ3v) is 6.43. The SMILES string of the molecule is O=C(O)CCc1ccc(C(=Nc2ccc(Cn3ccnc3)cc2)c2c(O)[nH]c3cc(Br)ccc23)cc1. The number of halogens is 1. The summed E-state index contributed by atoms with van der Waals surface area (Å²) in [5.41, 5.74) is 5.63. The summed E-state index contributed by atoms with van der Waals surface area (Å²) in [4.78, 5) is 23.0. The van der Waals surface area contributed by atoms with E-state index in [9.17, 15) is 9.90 Å². The summed E-state index contributed by atoms with van der Waals surface area (Å²) in [7, 11) is 0. The van der Waals surface area contributed by atoms with Gasteiger partial charge in [-0.15, -0.1) is 0 Å². The van der Waals surface area contributed by atoms with E-state index in [-0.39, 0.29) is 12.3 Å². The molecule has 0 aliphatic carbocycles. The van der Waals surface area contributed by atoms with Gasteiger partial charge in [0.05, 0.1) is 28.8 Å². The Kier molecular flexibility index (Phi) is 6.69. The average molecular weight is 543 g/mol. The number of hydrogen-bond acceptors (Lipinski definition) is 4. The van der Waals surface area contributed by atoms with E-state index >= 15 is 0 Å². The fraction of sp³-hybridized carbons (Fsp3) is 0.107. The molecule has 2 aromatic heterocycles. The fourth-order valence-corrected chi connectivity index (χ4v) is 4.50. The Morgan fingerprint density at radius 3 is 2.47 bits per heavy atom. The van der Waals surface area contributed by atoms with Gasteiger partial charge in [-0.1, -0.05) is 58.4 Å². The van der Waals surface area contributed by atoms with E-state index < -0.39 is 5.97 Å². The van der Waals surface area contributed by atoms with Crippen molar-refractivity contribution in [3.8, 4) is 5.88 Å². The summed E-state index contributed by atoms with van der Waals surface area (Å²) in [6, 6.07) is 21.4. The molecule has 7 nitrogen and oxygen atoms in total. The van der Waals surface area contributed by atoms with Crippen LogP contribution in [0.15, 0.2) is 94.9 Å². The number of aromatic hydroxyl groups is 1. The van der Waals surface area contributed by atoms with Crippen LogP contribution in [0.3, 0.4) is 0 Å². The minimum absolute atomic E-state index is 0.0357. The number of fused-ring (bicyclic) bond motifs is 1. The standard InChI is InChI=1S/C28H23BrN4O3/c29-21-8-11-23-24(15-21)32-28(36)26(23)27(20-6-1-18(2-7-20)5-12-25(34)35)31-22-9-3-19(4-10-22)16-33-14-13-30-17-33/h1-4,6-11,13-15,17,32,36H,5,12,16H2,(H,34,35). The van der Waals surface area contributed by atoms with Crippen LogP contribution in [0.2, 0.25) is 0 Å². The number of hydrogen-bond donors (Lipinski definition) is 3. The van der Waals surface area contributed by atoms with E-state index in [1.165, 1.54) is 0 Å². The molecule has 36 heavy (non-hydrogen) atoms. The topological polar surface area (TPSA) is 104 Å². The van der Waals surface area contributed by atoms with Gasteiger partial charge in [0.15, 0.2) is 5.88 Å². The molecule has 0 radical (unpaired) electrons. The van der Waals surface area contributed by atoms with Crippen LogP contribution in [0.25, 0.3) is 10.9 Å². The zero-order valence-electron chi connectivity index (χ0n) is 19.2. The molecule has 0 bridgehead atoms. The van der Waals surface area contributed by atoms with Gasteiger partial charge in [0.25, 0.3) is 0 Å². The molecule has 0 atom stereocenters. The molecule has 0 unspecified atom stereocenters. The number of carbonyl (C=O) groups is 1. The molecule has 3 aromatic carbocycles. The van der Waals surface area contributed by atoms with E-state index in [0.717, 1.165) is 37.8 Å². The largest absolute Gasteiger partial charge is 0.494 e. The number of benzene rings is 3. The van der Waals surface area contributed by atoms with Gasteiger partial charge >= 0.3 is 5.97 Å². The number of aromatic nitrogens is 3. The van der Waals surface area contributed by atoms with Crippen molar-refractivity contribution in [3.63, 3.8) is 0 Å². The van der Waals surface area contributed by atoms with Crippen molar-refractivity contribution in [2.75, 3.05) is 0 Å². The maximum absolute atomic E-state index is 10.9. The molecule has 0 amide bonds. The molecule has 0 fully saturated rings. The van der Waals surface area contributed by atoms with Gasteiger partial charge in [-0.05, 0) is 41.8 Å². The fourth-order valence-electron chi connectivity index (χ4n) is 4.14. The van der Waals surface area contributed by atoms with Crippen molar-refractivity contribution in [2.45, 2.75) is 19.4 Å². The lowest BCUT2D eigenvalue weighted by Crippen LogP contribution is -2.04. The summed E-state index contributed by atoms with van der Waals surface area (Å²) in [6.45, 7) is 0.715. The second-order valence-electron chi connectivity index (χ2n) is 8.49. The van der Waals surface area contributed by atoms with Crippen LogP contribution >= 0.6 is 15.9 Å². The van der Waals surface area contributed by atoms with Crippen LogP contribution in [0.5, 0.6) is 5.88 Å². The van der Waals surface area contributed by atoms with Crippen LogP contribution in [0.1, 0.15) is 28.7 Å². The molecule has 5 rings (SSSR count). The lowest BCUT2D eigenvalue weighted by Gasteiger charge is -2.10. The van der Waals surface area contributed by atoms with Crippen molar-refractivity contribution in [2.24, 2.45) is 4.99 Å². The van der Waals surface area contributed by atoms with Crippen molar-refractivity contribution in [1.29, 1.82) is 0 Å². The van der Waals surface area contributed by atoms with Crippen molar-refractivity contribution >= 4 is 44.2 Å². The first-order valence-corrected chi connectivity index (χ1v) is 12.2. The Morgan fingerprint density at radius 2 is 1.78 bits per heavy atom. The van der Waals surface area contributed by atoms with E-state index in [4.69, 9.17) is 10.1 Å². The zero-order chi connectivity index (χ0) is 25.1. The molecule has 2 heterocycles. The van der Waals surface area contributed by atoms with Gasteiger partial charge in [0.1, 0.15) is 0 Å². The monoisotopic (exact) mass is 542 g/mol. The minimum atomic E-state index is -0.826. The molecule has 0 spiro atoms. The van der Waals surface area contributed by atoms with Crippen LogP contribution in [0, 0.1) is 0 Å². The highest BCUT2D eigenvalue weighted by Crippen LogP contribution is 2.33. The van der Waals surface area contributed by atoms with Crippen LogP contribution < -0.4 is 0 Å². The molecule has 8 heteroatoms. The van der Waals surface area contributed by atoms with Crippen LogP contribution in [-0.2, 0) is 17.8 Å². The maximum Gasteiger partial charge on any atom is 0.303 e. The van der Waals surface area contributed by atoms with E-state index in [0.29, 0.717) is 24.2 Å². The second-order valence-corrected chi connectivity index (χ2v) is 9.41. The number of carboxylic acid groups (broad SMARTS) is 1. The first-order valence-electron chi connectivity index (χ1n) is 11.4. The Balaban J connectivity index is 1.55. The van der Waals surface area contributed by atoms with E-state index in [2.05, 4.69) is 25.9 Å². The smallest absolute Gasteiger partial charge is 0.303 e. The van der Waals surface area contributed by atoms with Crippen molar-refractivity contribution < 1.29 is 15.0 Å². The summed E-state index contributed by atoms with van der Waals surface area (Å²) in [6.07, 6.45) is 5.98. The Hall–Kier alpha value is -4.17. The first-order chi connectivity index (χ1) is 17.5. The second kappa shape index (κ2) is 10.2. The number of aliphatic carboxylic acids is 1. The Bertz CT molecular complexity index is 1540. The van der Waals surface area contributed by atoms with Gasteiger partial charge in [-0.3, -0.25) is 4.79 Å². The number of nitrogens with one attached hydrogen (secondary N) is 1. The quantitative estimate of drug-likeness (QED) is 0.207. The number of imidazole rings is 1. The summed E-state index contributed by atoms with van der Waals surface area (Å²) < 4.78 is 2.90. The number of carboxylic acids is 1. The summed E-state index contributed by atoms with van der Waals surface area (Å²) in [5.74, 6) is -0.791. The number of rotatable bonds is 8. The average Bonchev–Trinajstić information content (AvgIpc) is 3.49. The Labute approximate surface area is 215 Å². The molecule has 0 aliphatic rings. The molecule has 5 aromatic rings. The molecule has 0 saturated carbocycles. The van der Waals surface area contributed by atoms with Gasteiger partial charge in [0, 0.05) is 40.8 Å². The van der Waals surface area contributed by atoms with E-state index in [1.807, 2.05) is 77.5 Å². The maximum atomic E-state index is 10.9. The highest BCUT2D eigenvalue weighted by Gasteiger charge is 2.19. The lowest BCUT2D eigenvalue weighted by molar-refractivity contribution is -0.136. The van der Waals surface area contributed by atoms with E-state index in [1.54, 1.807) is 12.5 Å². The third-order valence-electron chi connectivity index (χ3n) is 5.93. The summed E-state index contributed by atoms with van der Waals surface area (Å²) in [5, 5.41) is 20.7. The molecular formula is C28H23BrN4O3. The summed E-state index contributed by atoms with van der Waals surface area (Å²) >= 11 is 3.48. The predicted molar refractivity (Wildman–Crippen MR) is 143 cm³/mol. The Morgan fingerprint density at radius 1 is 1.03 bits per heavy atom. The van der Waals surface area contributed by atoms with Gasteiger partial charge in [-0.2, -0.15) is 0 Å². The highest BCUT2D eigenvalue weighted by atomic mass is 79.9. The predicted octanol–water partition coefficient (Wildman–Crippen LogP) is 6.07. The molecule has 0 saturated heterocycles. The molecule has 180 valence electrons. The number of aromatic amines is 1. The van der Waals surface area contributed by atoms with Crippen LogP contribution in [0.4, 0.5) is 5.69 Å². The van der Waals surface area contributed by atoms with Gasteiger partial charge in [0.2, 0.25) is 0 Å². The van der Waals surface area contributed by atoms with Gasteiger partial charge < -0.3 is 19.8 Å². The molecule has 0 aliphatic heterocycles. The normalized spacial score (nSPS) is 11.8. The number of H-pyrrole nitrogens is 1. The number of aliphatic imine (C=N–C) groups is 1. The molecule has 3 N–H and O–H groups in total. The minimum Gasteiger partial charge on any atom is -0.494 e. The lowest BCUT2D eigenvalue weighted by atomic mass is 9.98. The van der Waals surface area contributed by atoms with Gasteiger partial charge in [-0.25, -0.2) is 9.98 Å². The first kappa shape index (κ1) is 23.6. The van der Waals surface area contributed by atoms with Crippen LogP contribution in [-0.4, -0.2) is 36.4 Å². The molecular weight excluding hydrogens is 520 g/mol. The zero-order valence-corrected chi connectivity index (χ0v) is 20.8.